The lowest BCUT2D eigenvalue weighted by molar-refractivity contribution is 0.568. The molecule has 0 radical (unpaired) electrons. The molecule has 5 heteroatoms. The number of aromatic amines is 2. The van der Waals surface area contributed by atoms with E-state index in [0.29, 0.717) is 16.8 Å². The molecule has 2 saturated carbocycles. The highest BCUT2D eigenvalue weighted by Gasteiger charge is 2.41. The summed E-state index contributed by atoms with van der Waals surface area (Å²) >= 11 is 0. The summed E-state index contributed by atoms with van der Waals surface area (Å²) in [6, 6.07) is 5.88. The van der Waals surface area contributed by atoms with Gasteiger partial charge in [0.15, 0.2) is 0 Å². The standard InChI is InChI=1S/C15H17N3O2/c19-14-10-2-1-3-11(12(10)15(20)18-17-14)16-13(8-4-5-8)9-6-7-9/h1-3,8-9,13,16H,4-7H2,(H,17,19)(H,18,20). The van der Waals surface area contributed by atoms with E-state index in [9.17, 15) is 9.59 Å². The fraction of sp³-hybridized carbons (Fsp3) is 0.467. The third kappa shape index (κ3) is 1.94. The number of fused-ring (bicyclic) bond motifs is 1. The second kappa shape index (κ2) is 4.23. The van der Waals surface area contributed by atoms with Gasteiger partial charge in [0.25, 0.3) is 11.1 Å². The van der Waals surface area contributed by atoms with Gasteiger partial charge in [-0.3, -0.25) is 19.8 Å². The number of hydrogen-bond donors (Lipinski definition) is 3. The lowest BCUT2D eigenvalue weighted by Crippen LogP contribution is -2.26. The Labute approximate surface area is 115 Å². The molecule has 4 rings (SSSR count). The van der Waals surface area contributed by atoms with Crippen molar-refractivity contribution in [2.75, 3.05) is 5.32 Å². The highest BCUT2D eigenvalue weighted by atomic mass is 16.1. The Morgan fingerprint density at radius 2 is 1.65 bits per heavy atom. The molecule has 2 aliphatic carbocycles. The Balaban J connectivity index is 1.81. The predicted molar refractivity (Wildman–Crippen MR) is 78.0 cm³/mol. The highest BCUT2D eigenvalue weighted by Crippen LogP contribution is 2.46. The summed E-state index contributed by atoms with van der Waals surface area (Å²) in [5, 5.41) is 9.25. The van der Waals surface area contributed by atoms with E-state index >= 15 is 0 Å². The number of anilines is 1. The lowest BCUT2D eigenvalue weighted by atomic mass is 10.1. The van der Waals surface area contributed by atoms with Crippen molar-refractivity contribution in [3.63, 3.8) is 0 Å². The first-order chi connectivity index (χ1) is 9.74. The Hall–Kier alpha value is -2.04. The van der Waals surface area contributed by atoms with E-state index in [4.69, 9.17) is 0 Å². The Kier molecular flexibility index (Phi) is 2.49. The normalized spacial score (nSPS) is 18.6. The third-order valence-corrected chi connectivity index (χ3v) is 4.41. The van der Waals surface area contributed by atoms with Crippen molar-refractivity contribution in [2.24, 2.45) is 11.8 Å². The van der Waals surface area contributed by atoms with E-state index in [-0.39, 0.29) is 11.1 Å². The summed E-state index contributed by atoms with van der Waals surface area (Å²) in [5.74, 6) is 1.47. The fourth-order valence-corrected chi connectivity index (χ4v) is 3.06. The Bertz CT molecular complexity index is 757. The Morgan fingerprint density at radius 3 is 2.30 bits per heavy atom. The van der Waals surface area contributed by atoms with Crippen LogP contribution in [0.15, 0.2) is 27.8 Å². The van der Waals surface area contributed by atoms with Crippen LogP contribution in [-0.4, -0.2) is 16.2 Å². The van der Waals surface area contributed by atoms with Gasteiger partial charge < -0.3 is 5.32 Å². The molecule has 0 spiro atoms. The second-order valence-electron chi connectivity index (χ2n) is 5.98. The minimum Gasteiger partial charge on any atom is -0.381 e. The van der Waals surface area contributed by atoms with Gasteiger partial charge in [0.1, 0.15) is 0 Å². The van der Waals surface area contributed by atoms with Gasteiger partial charge in [-0.25, -0.2) is 0 Å². The topological polar surface area (TPSA) is 77.8 Å². The summed E-state index contributed by atoms with van der Waals surface area (Å²) in [5.41, 5.74) is 0.296. The second-order valence-corrected chi connectivity index (χ2v) is 5.98. The number of aromatic nitrogens is 2. The first-order valence-electron chi connectivity index (χ1n) is 7.24. The minimum atomic E-state index is -0.252. The quantitative estimate of drug-likeness (QED) is 0.793. The van der Waals surface area contributed by atoms with Crippen LogP contribution in [0.2, 0.25) is 0 Å². The average molecular weight is 271 g/mol. The Morgan fingerprint density at radius 1 is 1.00 bits per heavy atom. The van der Waals surface area contributed by atoms with Crippen molar-refractivity contribution in [3.05, 3.63) is 38.9 Å². The molecule has 0 atom stereocenters. The van der Waals surface area contributed by atoms with Crippen molar-refractivity contribution in [1.29, 1.82) is 0 Å². The molecule has 1 aromatic heterocycles. The smallest absolute Gasteiger partial charge is 0.272 e. The molecule has 2 aliphatic rings. The maximum atomic E-state index is 12.0. The van der Waals surface area contributed by atoms with Crippen LogP contribution < -0.4 is 16.4 Å². The molecule has 0 bridgehead atoms. The van der Waals surface area contributed by atoms with Gasteiger partial charge in [-0.2, -0.15) is 0 Å². The van der Waals surface area contributed by atoms with E-state index < -0.39 is 0 Å². The molecule has 3 N–H and O–H groups in total. The predicted octanol–water partition coefficient (Wildman–Crippen LogP) is 1.82. The summed E-state index contributed by atoms with van der Waals surface area (Å²) in [4.78, 5) is 23.8. The number of hydrogen-bond acceptors (Lipinski definition) is 3. The summed E-state index contributed by atoms with van der Waals surface area (Å²) in [6.45, 7) is 0. The van der Waals surface area contributed by atoms with E-state index in [1.54, 1.807) is 6.07 Å². The summed E-state index contributed by atoms with van der Waals surface area (Å²) in [6.07, 6.45) is 5.09. The SMILES string of the molecule is O=c1[nH][nH]c(=O)c2c(NC(C3CC3)C3CC3)cccc12. The molecule has 2 aromatic rings. The van der Waals surface area contributed by atoms with Crippen LogP contribution in [0.4, 0.5) is 5.69 Å². The van der Waals surface area contributed by atoms with Crippen LogP contribution in [0.3, 0.4) is 0 Å². The van der Waals surface area contributed by atoms with Crippen molar-refractivity contribution in [2.45, 2.75) is 31.7 Å². The molecular formula is C15H17N3O2. The van der Waals surface area contributed by atoms with Crippen LogP contribution in [-0.2, 0) is 0 Å². The maximum absolute atomic E-state index is 12.0. The number of rotatable bonds is 4. The number of benzene rings is 1. The molecule has 20 heavy (non-hydrogen) atoms. The van der Waals surface area contributed by atoms with Crippen LogP contribution in [0.1, 0.15) is 25.7 Å². The van der Waals surface area contributed by atoms with E-state index in [0.717, 1.165) is 17.5 Å². The molecular weight excluding hydrogens is 254 g/mol. The first-order valence-corrected chi connectivity index (χ1v) is 7.24. The zero-order valence-electron chi connectivity index (χ0n) is 11.1. The zero-order valence-corrected chi connectivity index (χ0v) is 11.1. The first kappa shape index (κ1) is 11.8. The fourth-order valence-electron chi connectivity index (χ4n) is 3.06. The average Bonchev–Trinajstić information content (AvgIpc) is 3.33. The van der Waals surface area contributed by atoms with Gasteiger partial charge in [-0.05, 0) is 49.7 Å². The van der Waals surface area contributed by atoms with Gasteiger partial charge in [0, 0.05) is 11.7 Å². The van der Waals surface area contributed by atoms with Gasteiger partial charge >= 0.3 is 0 Å². The van der Waals surface area contributed by atoms with Crippen LogP contribution in [0.5, 0.6) is 0 Å². The number of H-pyrrole nitrogens is 2. The van der Waals surface area contributed by atoms with E-state index in [1.165, 1.54) is 25.7 Å². The third-order valence-electron chi connectivity index (χ3n) is 4.41. The lowest BCUT2D eigenvalue weighted by Gasteiger charge is -2.19. The molecule has 0 saturated heterocycles. The van der Waals surface area contributed by atoms with Crippen molar-refractivity contribution in [1.82, 2.24) is 10.2 Å². The van der Waals surface area contributed by atoms with Crippen LogP contribution in [0.25, 0.3) is 10.8 Å². The van der Waals surface area contributed by atoms with Gasteiger partial charge in [0.2, 0.25) is 0 Å². The highest BCUT2D eigenvalue weighted by molar-refractivity contribution is 5.92. The summed E-state index contributed by atoms with van der Waals surface area (Å²) < 4.78 is 0. The molecule has 0 aliphatic heterocycles. The van der Waals surface area contributed by atoms with Crippen LogP contribution >= 0.6 is 0 Å². The van der Waals surface area contributed by atoms with Gasteiger partial charge in [0.05, 0.1) is 10.8 Å². The van der Waals surface area contributed by atoms with Crippen molar-refractivity contribution in [3.8, 4) is 0 Å². The molecule has 104 valence electrons. The molecule has 5 nitrogen and oxygen atoms in total. The minimum absolute atomic E-state index is 0.243. The van der Waals surface area contributed by atoms with E-state index in [1.807, 2.05) is 12.1 Å². The molecule has 0 amide bonds. The molecule has 2 fully saturated rings. The number of nitrogens with one attached hydrogen (secondary N) is 3. The zero-order chi connectivity index (χ0) is 13.7. The van der Waals surface area contributed by atoms with Gasteiger partial charge in [-0.15, -0.1) is 0 Å². The van der Waals surface area contributed by atoms with Crippen molar-refractivity contribution < 1.29 is 0 Å². The van der Waals surface area contributed by atoms with Gasteiger partial charge in [-0.1, -0.05) is 6.07 Å². The maximum Gasteiger partial charge on any atom is 0.272 e. The summed E-state index contributed by atoms with van der Waals surface area (Å²) in [7, 11) is 0. The van der Waals surface area contributed by atoms with E-state index in [2.05, 4.69) is 15.5 Å². The molecule has 0 unspecified atom stereocenters. The monoisotopic (exact) mass is 271 g/mol. The van der Waals surface area contributed by atoms with Crippen LogP contribution in [0, 0.1) is 11.8 Å². The molecule has 1 aromatic carbocycles. The molecule has 1 heterocycles. The van der Waals surface area contributed by atoms with Crippen molar-refractivity contribution >= 4 is 16.5 Å². The largest absolute Gasteiger partial charge is 0.381 e.